The molecule has 9 nitrogen and oxygen atoms in total. The number of benzene rings is 2. The van der Waals surface area contributed by atoms with Crippen molar-refractivity contribution in [2.45, 2.75) is 0 Å². The first kappa shape index (κ1) is 21.8. The lowest BCUT2D eigenvalue weighted by Crippen LogP contribution is -2.51. The van der Waals surface area contributed by atoms with Gasteiger partial charge in [0.15, 0.2) is 18.1 Å². The van der Waals surface area contributed by atoms with Crippen molar-refractivity contribution >= 4 is 47.1 Å². The van der Waals surface area contributed by atoms with Gasteiger partial charge in [-0.3, -0.25) is 25.0 Å². The number of rotatable bonds is 6. The number of carbonyl (C=O) groups excluding carboxylic acids is 4. The lowest BCUT2D eigenvalue weighted by Gasteiger charge is -2.15. The van der Waals surface area contributed by atoms with Gasteiger partial charge in [-0.2, -0.15) is 0 Å². The first-order chi connectivity index (χ1) is 14.8. The molecule has 1 aliphatic rings. The molecule has 0 radical (unpaired) electrons. The van der Waals surface area contributed by atoms with Gasteiger partial charge in [0.25, 0.3) is 17.7 Å². The Labute approximate surface area is 180 Å². The predicted molar refractivity (Wildman–Crippen MR) is 108 cm³/mol. The molecule has 5 amide bonds. The van der Waals surface area contributed by atoms with Gasteiger partial charge in [-0.05, 0) is 48.0 Å². The summed E-state index contributed by atoms with van der Waals surface area (Å²) in [6.45, 7) is -0.416. The van der Waals surface area contributed by atoms with Gasteiger partial charge in [0.05, 0.1) is 12.1 Å². The van der Waals surface area contributed by atoms with E-state index in [4.69, 9.17) is 21.1 Å². The average Bonchev–Trinajstić information content (AvgIpc) is 2.71. The highest BCUT2D eigenvalue weighted by molar-refractivity contribution is 6.33. The van der Waals surface area contributed by atoms with Gasteiger partial charge in [-0.1, -0.05) is 11.6 Å². The number of hydrogen-bond donors (Lipinski definition) is 3. The van der Waals surface area contributed by atoms with E-state index in [0.29, 0.717) is 11.3 Å². The molecule has 1 fully saturated rings. The van der Waals surface area contributed by atoms with Crippen molar-refractivity contribution < 1.29 is 33.0 Å². The minimum absolute atomic E-state index is 0.0495. The fourth-order valence-corrected chi connectivity index (χ4v) is 2.88. The van der Waals surface area contributed by atoms with Crippen LogP contribution in [0.4, 0.5) is 14.9 Å². The van der Waals surface area contributed by atoms with E-state index in [1.807, 2.05) is 10.6 Å². The quantitative estimate of drug-likeness (QED) is 0.461. The molecule has 11 heteroatoms. The zero-order valence-corrected chi connectivity index (χ0v) is 16.7. The minimum Gasteiger partial charge on any atom is -0.493 e. The van der Waals surface area contributed by atoms with Crippen LogP contribution in [0.5, 0.6) is 11.5 Å². The molecule has 0 saturated carbocycles. The molecule has 0 bridgehead atoms. The van der Waals surface area contributed by atoms with Crippen molar-refractivity contribution in [1.29, 1.82) is 0 Å². The van der Waals surface area contributed by atoms with Crippen molar-refractivity contribution in [3.8, 4) is 11.5 Å². The summed E-state index contributed by atoms with van der Waals surface area (Å²) >= 11 is 6.23. The minimum atomic E-state index is -0.912. The first-order valence-electron chi connectivity index (χ1n) is 8.71. The maximum Gasteiger partial charge on any atom is 0.328 e. The van der Waals surface area contributed by atoms with Crippen molar-refractivity contribution in [2.75, 3.05) is 19.0 Å². The molecule has 1 saturated heterocycles. The first-order valence-corrected chi connectivity index (χ1v) is 9.08. The van der Waals surface area contributed by atoms with Gasteiger partial charge in [-0.15, -0.1) is 0 Å². The lowest BCUT2D eigenvalue weighted by molar-refractivity contribution is -0.124. The molecular formula is C20H15ClFN3O6. The summed E-state index contributed by atoms with van der Waals surface area (Å²) in [6.07, 6.45) is 1.22. The van der Waals surface area contributed by atoms with Crippen LogP contribution in [0, 0.1) is 5.82 Å². The van der Waals surface area contributed by atoms with Gasteiger partial charge in [0.1, 0.15) is 11.4 Å². The maximum atomic E-state index is 12.9. The van der Waals surface area contributed by atoms with Gasteiger partial charge < -0.3 is 14.8 Å². The third-order valence-electron chi connectivity index (χ3n) is 3.98. The third-order valence-corrected chi connectivity index (χ3v) is 4.26. The Morgan fingerprint density at radius 2 is 1.77 bits per heavy atom. The second-order valence-corrected chi connectivity index (χ2v) is 6.58. The van der Waals surface area contributed by atoms with E-state index in [1.54, 1.807) is 0 Å². The highest BCUT2D eigenvalue weighted by Crippen LogP contribution is 2.37. The molecule has 31 heavy (non-hydrogen) atoms. The molecule has 0 atom stereocenters. The molecule has 0 unspecified atom stereocenters. The number of hydrogen-bond acceptors (Lipinski definition) is 6. The Morgan fingerprint density at radius 1 is 1.13 bits per heavy atom. The van der Waals surface area contributed by atoms with E-state index in [9.17, 15) is 23.6 Å². The smallest absolute Gasteiger partial charge is 0.328 e. The predicted octanol–water partition coefficient (Wildman–Crippen LogP) is 2.25. The third kappa shape index (κ3) is 5.37. The Balaban J connectivity index is 1.75. The largest absolute Gasteiger partial charge is 0.493 e. The second kappa shape index (κ2) is 9.26. The van der Waals surface area contributed by atoms with Crippen LogP contribution in [0.1, 0.15) is 5.56 Å². The number of anilines is 1. The van der Waals surface area contributed by atoms with Crippen molar-refractivity contribution in [2.24, 2.45) is 0 Å². The number of ether oxygens (including phenoxy) is 2. The molecule has 3 rings (SSSR count). The van der Waals surface area contributed by atoms with E-state index >= 15 is 0 Å². The lowest BCUT2D eigenvalue weighted by atomic mass is 10.1. The van der Waals surface area contributed by atoms with E-state index in [2.05, 4.69) is 5.32 Å². The average molecular weight is 448 g/mol. The summed E-state index contributed by atoms with van der Waals surface area (Å²) in [4.78, 5) is 46.9. The van der Waals surface area contributed by atoms with E-state index in [0.717, 1.165) is 0 Å². The Morgan fingerprint density at radius 3 is 2.39 bits per heavy atom. The summed E-state index contributed by atoms with van der Waals surface area (Å²) in [5.74, 6) is -2.47. The summed E-state index contributed by atoms with van der Waals surface area (Å²) in [7, 11) is 1.34. The maximum absolute atomic E-state index is 12.9. The molecule has 2 aromatic rings. The van der Waals surface area contributed by atoms with Gasteiger partial charge in [-0.25, -0.2) is 9.18 Å². The fraction of sp³-hybridized carbons (Fsp3) is 0.100. The summed E-state index contributed by atoms with van der Waals surface area (Å²) in [5.41, 5.74) is 0.405. The van der Waals surface area contributed by atoms with Crippen LogP contribution in [0.25, 0.3) is 6.08 Å². The molecule has 1 aliphatic heterocycles. The van der Waals surface area contributed by atoms with Crippen LogP contribution in [-0.2, 0) is 14.4 Å². The summed E-state index contributed by atoms with van der Waals surface area (Å²) in [6, 6.07) is 7.11. The second-order valence-electron chi connectivity index (χ2n) is 6.17. The monoisotopic (exact) mass is 447 g/mol. The highest BCUT2D eigenvalue weighted by Gasteiger charge is 2.28. The molecule has 160 valence electrons. The Hall–Kier alpha value is -3.92. The number of amides is 5. The highest BCUT2D eigenvalue weighted by atomic mass is 35.5. The number of halogens is 2. The molecule has 2 aromatic carbocycles. The number of methoxy groups -OCH3 is 1. The zero-order valence-electron chi connectivity index (χ0n) is 16.0. The Bertz CT molecular complexity index is 1080. The van der Waals surface area contributed by atoms with Crippen molar-refractivity contribution in [1.82, 2.24) is 10.6 Å². The number of urea groups is 1. The molecule has 3 N–H and O–H groups in total. The van der Waals surface area contributed by atoms with Crippen molar-refractivity contribution in [3.05, 3.63) is 58.4 Å². The molecule has 0 aliphatic carbocycles. The summed E-state index contributed by atoms with van der Waals surface area (Å²) < 4.78 is 23.6. The number of imide groups is 2. The zero-order chi connectivity index (χ0) is 22.5. The fourth-order valence-electron chi connectivity index (χ4n) is 2.60. The van der Waals surface area contributed by atoms with Crippen LogP contribution < -0.4 is 25.4 Å². The van der Waals surface area contributed by atoms with Crippen LogP contribution in [0.2, 0.25) is 5.02 Å². The topological polar surface area (TPSA) is 123 Å². The SMILES string of the molecule is COc1cc(C=C2C(=O)NC(=O)NC2=O)cc(Cl)c1OCC(=O)Nc1ccc(F)cc1. The number of barbiturate groups is 1. The van der Waals surface area contributed by atoms with E-state index in [-0.39, 0.29) is 22.1 Å². The van der Waals surface area contributed by atoms with Gasteiger partial charge >= 0.3 is 6.03 Å². The summed E-state index contributed by atoms with van der Waals surface area (Å²) in [5, 5.41) is 6.50. The number of carbonyl (C=O) groups is 4. The van der Waals surface area contributed by atoms with Gasteiger partial charge in [0, 0.05) is 5.69 Å². The Kier molecular flexibility index (Phi) is 6.51. The molecule has 1 heterocycles. The molecule has 0 aromatic heterocycles. The van der Waals surface area contributed by atoms with E-state index in [1.165, 1.54) is 49.6 Å². The molecular weight excluding hydrogens is 433 g/mol. The standard InChI is InChI=1S/C20H15ClFN3O6/c1-30-15-8-10(6-13-18(27)24-20(29)25-19(13)28)7-14(21)17(15)31-9-16(26)23-12-4-2-11(22)3-5-12/h2-8H,9H2,1H3,(H,23,26)(H2,24,25,27,28,29). The normalized spacial score (nSPS) is 13.3. The van der Waals surface area contributed by atoms with Crippen LogP contribution in [-0.4, -0.2) is 37.5 Å². The molecule has 0 spiro atoms. The van der Waals surface area contributed by atoms with E-state index < -0.39 is 36.2 Å². The van der Waals surface area contributed by atoms with Crippen molar-refractivity contribution in [3.63, 3.8) is 0 Å². The van der Waals surface area contributed by atoms with Crippen LogP contribution in [0.3, 0.4) is 0 Å². The van der Waals surface area contributed by atoms with Crippen LogP contribution >= 0.6 is 11.6 Å². The van der Waals surface area contributed by atoms with Gasteiger partial charge in [0.2, 0.25) is 0 Å². The van der Waals surface area contributed by atoms with Crippen LogP contribution in [0.15, 0.2) is 42.0 Å². The number of nitrogens with one attached hydrogen (secondary N) is 3.